The Bertz CT molecular complexity index is 1060. The molecule has 1 aliphatic rings. The van der Waals surface area contributed by atoms with Crippen molar-refractivity contribution in [1.29, 1.82) is 0 Å². The predicted octanol–water partition coefficient (Wildman–Crippen LogP) is 3.55. The number of rotatable bonds is 4. The van der Waals surface area contributed by atoms with E-state index in [-0.39, 0.29) is 5.91 Å². The van der Waals surface area contributed by atoms with Crippen LogP contribution in [0.3, 0.4) is 0 Å². The summed E-state index contributed by atoms with van der Waals surface area (Å²) in [5, 5.41) is 8.05. The average molecular weight is 402 g/mol. The van der Waals surface area contributed by atoms with Crippen LogP contribution in [0.4, 0.5) is 5.82 Å². The fraction of sp³-hybridized carbons (Fsp3) is 0.158. The van der Waals surface area contributed by atoms with Crippen molar-refractivity contribution in [2.75, 3.05) is 12.4 Å². The van der Waals surface area contributed by atoms with Crippen LogP contribution >= 0.6 is 11.6 Å². The highest BCUT2D eigenvalue weighted by Gasteiger charge is 2.28. The smallest absolute Gasteiger partial charge is 0.256 e. The number of hydrogen-bond acceptors (Lipinski definition) is 4. The van der Waals surface area contributed by atoms with Gasteiger partial charge in [-0.1, -0.05) is 23.7 Å². The molecule has 6 nitrogen and oxygen atoms in total. The van der Waals surface area contributed by atoms with Crippen LogP contribution in [-0.2, 0) is 22.3 Å². The van der Waals surface area contributed by atoms with Crippen LogP contribution < -0.4 is 10.1 Å². The molecule has 2 heterocycles. The number of methoxy groups -OCH3 is 1. The van der Waals surface area contributed by atoms with Crippen molar-refractivity contribution in [3.05, 3.63) is 70.4 Å². The van der Waals surface area contributed by atoms with Gasteiger partial charge in [0.25, 0.3) is 5.91 Å². The zero-order chi connectivity index (χ0) is 19.0. The molecule has 1 aromatic heterocycles. The van der Waals surface area contributed by atoms with Gasteiger partial charge in [-0.05, 0) is 36.4 Å². The molecule has 8 heteroatoms. The van der Waals surface area contributed by atoms with E-state index < -0.39 is 10.8 Å². The van der Waals surface area contributed by atoms with Crippen molar-refractivity contribution in [3.63, 3.8) is 0 Å². The second kappa shape index (κ2) is 7.17. The average Bonchev–Trinajstić information content (AvgIpc) is 3.19. The first kappa shape index (κ1) is 17.8. The number of carbonyl (C=O) groups is 1. The van der Waals surface area contributed by atoms with E-state index in [4.69, 9.17) is 16.3 Å². The molecule has 4 rings (SSSR count). The number of hydrogen-bond donors (Lipinski definition) is 1. The second-order valence-electron chi connectivity index (χ2n) is 6.08. The highest BCUT2D eigenvalue weighted by Crippen LogP contribution is 2.32. The quantitative estimate of drug-likeness (QED) is 0.725. The van der Waals surface area contributed by atoms with Crippen LogP contribution in [0.1, 0.15) is 21.6 Å². The van der Waals surface area contributed by atoms with Crippen LogP contribution in [0.15, 0.2) is 48.5 Å². The summed E-state index contributed by atoms with van der Waals surface area (Å²) in [4.78, 5) is 12.8. The zero-order valence-electron chi connectivity index (χ0n) is 14.4. The van der Waals surface area contributed by atoms with Gasteiger partial charge < -0.3 is 10.1 Å². The Balaban J connectivity index is 1.75. The lowest BCUT2D eigenvalue weighted by Crippen LogP contribution is -2.16. The molecule has 1 amide bonds. The van der Waals surface area contributed by atoms with Crippen molar-refractivity contribution in [2.24, 2.45) is 0 Å². The Morgan fingerprint density at radius 1 is 1.22 bits per heavy atom. The van der Waals surface area contributed by atoms with Crippen LogP contribution in [0.25, 0.3) is 5.69 Å². The van der Waals surface area contributed by atoms with Gasteiger partial charge in [0.05, 0.1) is 30.0 Å². The molecule has 0 bridgehead atoms. The summed E-state index contributed by atoms with van der Waals surface area (Å²) >= 11 is 6.11. The Morgan fingerprint density at radius 2 is 2.04 bits per heavy atom. The van der Waals surface area contributed by atoms with Crippen molar-refractivity contribution in [1.82, 2.24) is 9.78 Å². The molecule has 0 radical (unpaired) electrons. The standard InChI is InChI=1S/C19H16ClN3O3S/c1-26-15-7-2-4-12(8-15)19(24)21-18-16-10-27(25)11-17(16)22-23(18)14-6-3-5-13(20)9-14/h2-9H,10-11H2,1H3,(H,21,24)/t27-/m1/s1. The summed E-state index contributed by atoms with van der Waals surface area (Å²) in [6, 6.07) is 14.1. The molecule has 1 atom stereocenters. The largest absolute Gasteiger partial charge is 0.497 e. The van der Waals surface area contributed by atoms with Gasteiger partial charge in [0.2, 0.25) is 0 Å². The third-order valence-corrected chi connectivity index (χ3v) is 5.73. The van der Waals surface area contributed by atoms with E-state index >= 15 is 0 Å². The molecule has 1 aliphatic heterocycles. The van der Waals surface area contributed by atoms with Gasteiger partial charge in [-0.2, -0.15) is 5.10 Å². The Labute approximate surface area is 163 Å². The summed E-state index contributed by atoms with van der Waals surface area (Å²) in [6.07, 6.45) is 0. The topological polar surface area (TPSA) is 73.2 Å². The lowest BCUT2D eigenvalue weighted by atomic mass is 10.2. The summed E-state index contributed by atoms with van der Waals surface area (Å²) in [5.74, 6) is 1.56. The number of ether oxygens (including phenoxy) is 1. The van der Waals surface area contributed by atoms with E-state index in [9.17, 15) is 9.00 Å². The predicted molar refractivity (Wildman–Crippen MR) is 105 cm³/mol. The molecule has 1 N–H and O–H groups in total. The van der Waals surface area contributed by atoms with Crippen LogP contribution in [0, 0.1) is 0 Å². The van der Waals surface area contributed by atoms with Gasteiger partial charge in [-0.15, -0.1) is 0 Å². The van der Waals surface area contributed by atoms with Crippen molar-refractivity contribution >= 4 is 34.1 Å². The SMILES string of the molecule is COc1cccc(C(=O)Nc2c3c(nn2-c2cccc(Cl)c2)C[S@](=O)C3)c1. The first-order valence-corrected chi connectivity index (χ1v) is 10.1. The van der Waals surface area contributed by atoms with E-state index in [0.29, 0.717) is 33.7 Å². The maximum atomic E-state index is 12.8. The zero-order valence-corrected chi connectivity index (χ0v) is 16.0. The number of aromatic nitrogens is 2. The fourth-order valence-electron chi connectivity index (χ4n) is 2.99. The highest BCUT2D eigenvalue weighted by atomic mass is 35.5. The summed E-state index contributed by atoms with van der Waals surface area (Å²) in [6.45, 7) is 0. The first-order valence-electron chi connectivity index (χ1n) is 8.22. The molecule has 0 aliphatic carbocycles. The lowest BCUT2D eigenvalue weighted by Gasteiger charge is -2.12. The number of nitrogens with zero attached hydrogens (tertiary/aromatic N) is 2. The Morgan fingerprint density at radius 3 is 2.81 bits per heavy atom. The van der Waals surface area contributed by atoms with Crippen LogP contribution in [0.2, 0.25) is 5.02 Å². The van der Waals surface area contributed by atoms with Crippen molar-refractivity contribution in [3.8, 4) is 11.4 Å². The number of carbonyl (C=O) groups excluding carboxylic acids is 1. The second-order valence-corrected chi connectivity index (χ2v) is 7.97. The van der Waals surface area contributed by atoms with E-state index in [0.717, 1.165) is 16.9 Å². The number of fused-ring (bicyclic) bond motifs is 1. The number of amides is 1. The molecule has 0 spiro atoms. The van der Waals surface area contributed by atoms with Crippen LogP contribution in [0.5, 0.6) is 5.75 Å². The lowest BCUT2D eigenvalue weighted by molar-refractivity contribution is 0.102. The van der Waals surface area contributed by atoms with E-state index in [2.05, 4.69) is 10.4 Å². The number of anilines is 1. The van der Waals surface area contributed by atoms with Gasteiger partial charge in [0.1, 0.15) is 11.6 Å². The number of halogens is 1. The number of benzene rings is 2. The van der Waals surface area contributed by atoms with Gasteiger partial charge in [0.15, 0.2) is 0 Å². The normalized spacial score (nSPS) is 15.4. The molecule has 138 valence electrons. The van der Waals surface area contributed by atoms with E-state index in [1.165, 1.54) is 0 Å². The minimum absolute atomic E-state index is 0.294. The molecule has 0 saturated heterocycles. The van der Waals surface area contributed by atoms with Gasteiger partial charge in [0, 0.05) is 26.9 Å². The van der Waals surface area contributed by atoms with Gasteiger partial charge in [-0.3, -0.25) is 9.00 Å². The minimum Gasteiger partial charge on any atom is -0.497 e. The Hall–Kier alpha value is -2.64. The first-order chi connectivity index (χ1) is 13.0. The maximum Gasteiger partial charge on any atom is 0.256 e. The third kappa shape index (κ3) is 3.48. The molecular formula is C19H16ClN3O3S. The van der Waals surface area contributed by atoms with Crippen molar-refractivity contribution < 1.29 is 13.7 Å². The summed E-state index contributed by atoms with van der Waals surface area (Å²) in [5.41, 5.74) is 2.71. The molecule has 0 fully saturated rings. The van der Waals surface area contributed by atoms with Crippen LogP contribution in [-0.4, -0.2) is 27.0 Å². The fourth-order valence-corrected chi connectivity index (χ4v) is 4.44. The molecule has 3 aromatic rings. The molecular weight excluding hydrogens is 386 g/mol. The third-order valence-electron chi connectivity index (χ3n) is 4.29. The van der Waals surface area contributed by atoms with E-state index in [1.807, 2.05) is 12.1 Å². The van der Waals surface area contributed by atoms with E-state index in [1.54, 1.807) is 48.2 Å². The molecule has 27 heavy (non-hydrogen) atoms. The van der Waals surface area contributed by atoms with Crippen molar-refractivity contribution in [2.45, 2.75) is 11.5 Å². The highest BCUT2D eigenvalue weighted by molar-refractivity contribution is 7.83. The monoisotopic (exact) mass is 401 g/mol. The summed E-state index contributed by atoms with van der Waals surface area (Å²) < 4.78 is 18.8. The molecule has 0 saturated carbocycles. The number of nitrogens with one attached hydrogen (secondary N) is 1. The Kier molecular flexibility index (Phi) is 4.72. The molecule has 2 aromatic carbocycles. The minimum atomic E-state index is -1.01. The van der Waals surface area contributed by atoms with Gasteiger partial charge >= 0.3 is 0 Å². The molecule has 0 unspecified atom stereocenters. The van der Waals surface area contributed by atoms with Gasteiger partial charge in [-0.25, -0.2) is 4.68 Å². The maximum absolute atomic E-state index is 12.8. The summed E-state index contributed by atoms with van der Waals surface area (Å²) in [7, 11) is 0.544.